The van der Waals surface area contributed by atoms with Crippen LogP contribution in [0.2, 0.25) is 0 Å². The Morgan fingerprint density at radius 2 is 1.72 bits per heavy atom. The normalized spacial score (nSPS) is 13.9. The first kappa shape index (κ1) is 22.4. The lowest BCUT2D eigenvalue weighted by molar-refractivity contribution is -0.149. The largest absolute Gasteiger partial charge is 0.468 e. The fourth-order valence-corrected chi connectivity index (χ4v) is 3.10. The third-order valence-corrected chi connectivity index (χ3v) is 4.62. The Bertz CT molecular complexity index is 796. The number of carbonyl (C=O) groups excluding carboxylic acids is 1. The fraction of sp³-hybridized carbons (Fsp3) is 0.381. The maximum absolute atomic E-state index is 12.5. The molecule has 0 aliphatic heterocycles. The highest BCUT2D eigenvalue weighted by Crippen LogP contribution is 2.15. The summed E-state index contributed by atoms with van der Waals surface area (Å²) < 4.78 is 10.9. The van der Waals surface area contributed by atoms with Gasteiger partial charge in [0, 0.05) is 11.5 Å². The molecule has 0 radical (unpaired) electrons. The Morgan fingerprint density at radius 1 is 1.14 bits per heavy atom. The van der Waals surface area contributed by atoms with Crippen molar-refractivity contribution in [2.24, 2.45) is 10.8 Å². The number of nitrogens with two attached hydrogens (primary N) is 1. The van der Waals surface area contributed by atoms with Crippen LogP contribution in [0.3, 0.4) is 0 Å². The van der Waals surface area contributed by atoms with Gasteiger partial charge in [-0.2, -0.15) is 0 Å². The molecule has 0 aliphatic carbocycles. The Kier molecular flexibility index (Phi) is 9.14. The quantitative estimate of drug-likeness (QED) is 0.271. The van der Waals surface area contributed by atoms with Gasteiger partial charge >= 0.3 is 5.97 Å². The van der Waals surface area contributed by atoms with Crippen molar-refractivity contribution in [3.8, 4) is 0 Å². The summed E-state index contributed by atoms with van der Waals surface area (Å²) in [5.74, 6) is -0.467. The SMILES string of the molecule is COC(=O)[C@@H]([C@@H](N)[C@@H](CN=[N+]=[N-])OCc1ccccc1)N(C)Cc1ccccc1. The first-order chi connectivity index (χ1) is 14.1. The number of nitrogens with zero attached hydrogens (tertiary/aromatic N) is 4. The first-order valence-electron chi connectivity index (χ1n) is 9.30. The average Bonchev–Trinajstić information content (AvgIpc) is 2.75. The number of esters is 1. The molecule has 29 heavy (non-hydrogen) atoms. The molecule has 2 rings (SSSR count). The molecule has 3 atom stereocenters. The Morgan fingerprint density at radius 3 is 2.28 bits per heavy atom. The zero-order valence-corrected chi connectivity index (χ0v) is 16.7. The standard InChI is InChI=1S/C21H27N5O3/c1-26(14-16-9-5-3-6-10-16)20(21(27)28-2)19(22)18(13-24-25-23)29-15-17-11-7-4-8-12-17/h3-12,18-20H,13-15,22H2,1-2H3/t18-,19+,20-/m1/s1. The van der Waals surface area contributed by atoms with Crippen molar-refractivity contribution in [2.75, 3.05) is 20.7 Å². The topological polar surface area (TPSA) is 114 Å². The van der Waals surface area contributed by atoms with Crippen molar-refractivity contribution in [2.45, 2.75) is 31.3 Å². The van der Waals surface area contributed by atoms with E-state index in [-0.39, 0.29) is 13.2 Å². The second-order valence-corrected chi connectivity index (χ2v) is 6.69. The van der Waals surface area contributed by atoms with Gasteiger partial charge in [0.05, 0.1) is 32.4 Å². The first-order valence-corrected chi connectivity index (χ1v) is 9.30. The minimum atomic E-state index is -0.769. The summed E-state index contributed by atoms with van der Waals surface area (Å²) in [6, 6.07) is 17.8. The molecular formula is C21H27N5O3. The van der Waals surface area contributed by atoms with Crippen molar-refractivity contribution in [3.05, 3.63) is 82.2 Å². The van der Waals surface area contributed by atoms with Gasteiger partial charge in [-0.05, 0) is 23.7 Å². The molecule has 0 saturated heterocycles. The molecule has 0 saturated carbocycles. The van der Waals surface area contributed by atoms with Crippen LogP contribution in [-0.4, -0.2) is 49.8 Å². The van der Waals surface area contributed by atoms with E-state index in [1.54, 1.807) is 7.05 Å². The number of rotatable bonds is 11. The number of ether oxygens (including phenoxy) is 2. The smallest absolute Gasteiger partial charge is 0.324 e. The number of methoxy groups -OCH3 is 1. The minimum absolute atomic E-state index is 0.0111. The van der Waals surface area contributed by atoms with Gasteiger partial charge in [-0.1, -0.05) is 65.8 Å². The summed E-state index contributed by atoms with van der Waals surface area (Å²) in [5, 5.41) is 3.62. The van der Waals surface area contributed by atoms with Crippen LogP contribution in [0.1, 0.15) is 11.1 Å². The van der Waals surface area contributed by atoms with Crippen LogP contribution in [0, 0.1) is 0 Å². The van der Waals surface area contributed by atoms with Crippen LogP contribution in [0.5, 0.6) is 0 Å². The number of hydrogen-bond donors (Lipinski definition) is 1. The fourth-order valence-electron chi connectivity index (χ4n) is 3.10. The van der Waals surface area contributed by atoms with E-state index in [1.807, 2.05) is 65.6 Å². The van der Waals surface area contributed by atoms with Crippen LogP contribution < -0.4 is 5.73 Å². The highest BCUT2D eigenvalue weighted by molar-refractivity contribution is 5.76. The molecule has 8 heteroatoms. The molecule has 0 fully saturated rings. The van der Waals surface area contributed by atoms with Crippen LogP contribution in [-0.2, 0) is 27.4 Å². The number of likely N-dealkylation sites (N-methyl/N-ethyl adjacent to an activating group) is 1. The van der Waals surface area contributed by atoms with Crippen molar-refractivity contribution in [3.63, 3.8) is 0 Å². The highest BCUT2D eigenvalue weighted by Gasteiger charge is 2.36. The van der Waals surface area contributed by atoms with Gasteiger partial charge in [0.1, 0.15) is 6.04 Å². The van der Waals surface area contributed by atoms with E-state index in [9.17, 15) is 4.79 Å². The molecule has 2 N–H and O–H groups in total. The molecule has 2 aromatic carbocycles. The van der Waals surface area contributed by atoms with Crippen molar-refractivity contribution >= 4 is 5.97 Å². The van der Waals surface area contributed by atoms with Crippen LogP contribution >= 0.6 is 0 Å². The third-order valence-electron chi connectivity index (χ3n) is 4.62. The van der Waals surface area contributed by atoms with Crippen LogP contribution in [0.4, 0.5) is 0 Å². The van der Waals surface area contributed by atoms with Gasteiger partial charge in [0.2, 0.25) is 0 Å². The van der Waals surface area contributed by atoms with E-state index in [1.165, 1.54) is 7.11 Å². The van der Waals surface area contributed by atoms with E-state index in [4.69, 9.17) is 20.7 Å². The van der Waals surface area contributed by atoms with Gasteiger partial charge in [0.25, 0.3) is 0 Å². The lowest BCUT2D eigenvalue weighted by Crippen LogP contribution is -2.57. The number of carbonyl (C=O) groups is 1. The van der Waals surface area contributed by atoms with E-state index in [0.717, 1.165) is 11.1 Å². The monoisotopic (exact) mass is 397 g/mol. The molecule has 0 unspecified atom stereocenters. The minimum Gasteiger partial charge on any atom is -0.468 e. The summed E-state index contributed by atoms with van der Waals surface area (Å²) in [6.07, 6.45) is -0.659. The van der Waals surface area contributed by atoms with Gasteiger partial charge in [-0.25, -0.2) is 0 Å². The Balaban J connectivity index is 2.17. The maximum atomic E-state index is 12.5. The lowest BCUT2D eigenvalue weighted by atomic mass is 10.0. The predicted octanol–water partition coefficient (Wildman–Crippen LogP) is 2.88. The van der Waals surface area contributed by atoms with E-state index >= 15 is 0 Å². The summed E-state index contributed by atoms with van der Waals surface area (Å²) in [5.41, 5.74) is 17.2. The molecular weight excluding hydrogens is 370 g/mol. The number of hydrogen-bond acceptors (Lipinski definition) is 6. The lowest BCUT2D eigenvalue weighted by Gasteiger charge is -2.34. The van der Waals surface area contributed by atoms with Gasteiger partial charge < -0.3 is 15.2 Å². The molecule has 0 aliphatic rings. The van der Waals surface area contributed by atoms with Crippen molar-refractivity contribution in [1.29, 1.82) is 0 Å². The summed E-state index contributed by atoms with van der Waals surface area (Å²) in [4.78, 5) is 17.2. The molecule has 0 bridgehead atoms. The second-order valence-electron chi connectivity index (χ2n) is 6.69. The molecule has 154 valence electrons. The van der Waals surface area contributed by atoms with E-state index in [2.05, 4.69) is 10.0 Å². The molecule has 0 aromatic heterocycles. The molecule has 0 spiro atoms. The van der Waals surface area contributed by atoms with Gasteiger partial charge in [-0.15, -0.1) is 0 Å². The molecule has 8 nitrogen and oxygen atoms in total. The van der Waals surface area contributed by atoms with E-state index in [0.29, 0.717) is 6.54 Å². The second kappa shape index (κ2) is 11.8. The zero-order valence-electron chi connectivity index (χ0n) is 16.7. The zero-order chi connectivity index (χ0) is 21.1. The van der Waals surface area contributed by atoms with Crippen molar-refractivity contribution in [1.82, 2.24) is 4.90 Å². The Labute approximate surface area is 170 Å². The summed E-state index contributed by atoms with van der Waals surface area (Å²) >= 11 is 0. The maximum Gasteiger partial charge on any atom is 0.324 e. The van der Waals surface area contributed by atoms with Crippen LogP contribution in [0.15, 0.2) is 65.8 Å². The molecule has 2 aromatic rings. The summed E-state index contributed by atoms with van der Waals surface area (Å²) in [7, 11) is 3.13. The van der Waals surface area contributed by atoms with E-state index < -0.39 is 24.2 Å². The van der Waals surface area contributed by atoms with Gasteiger partial charge in [0.15, 0.2) is 0 Å². The summed E-state index contributed by atoms with van der Waals surface area (Å²) in [6.45, 7) is 0.800. The number of benzene rings is 2. The van der Waals surface area contributed by atoms with Crippen molar-refractivity contribution < 1.29 is 14.3 Å². The van der Waals surface area contributed by atoms with Gasteiger partial charge in [-0.3, -0.25) is 9.69 Å². The molecule has 0 heterocycles. The highest BCUT2D eigenvalue weighted by atomic mass is 16.5. The number of azide groups is 1. The van der Waals surface area contributed by atoms with Crippen LogP contribution in [0.25, 0.3) is 10.4 Å². The predicted molar refractivity (Wildman–Crippen MR) is 111 cm³/mol. The Hall–Kier alpha value is -2.90. The average molecular weight is 397 g/mol. The third kappa shape index (κ3) is 6.89. The molecule has 0 amide bonds.